The summed E-state index contributed by atoms with van der Waals surface area (Å²) < 4.78 is 28.1. The van der Waals surface area contributed by atoms with Crippen LogP contribution in [-0.2, 0) is 0 Å². The van der Waals surface area contributed by atoms with Crippen LogP contribution in [0.2, 0.25) is 0 Å². The second kappa shape index (κ2) is 8.37. The van der Waals surface area contributed by atoms with Crippen molar-refractivity contribution in [3.8, 4) is 45.6 Å². The van der Waals surface area contributed by atoms with Gasteiger partial charge >= 0.3 is 0 Å². The Bertz CT molecular complexity index is 1180. The van der Waals surface area contributed by atoms with E-state index in [9.17, 15) is 0 Å². The summed E-state index contributed by atoms with van der Waals surface area (Å²) in [6.07, 6.45) is 0. The minimum absolute atomic E-state index is 0.544. The highest BCUT2D eigenvalue weighted by Gasteiger charge is 2.18. The number of hydrogen-bond acceptors (Lipinski definition) is 6. The van der Waals surface area contributed by atoms with E-state index in [2.05, 4.69) is 4.98 Å². The molecule has 0 radical (unpaired) electrons. The number of hydrogen-bond donors (Lipinski definition) is 0. The summed E-state index contributed by atoms with van der Waals surface area (Å²) in [5.74, 6) is 3.08. The first-order valence-corrected chi connectivity index (χ1v) is 9.61. The van der Waals surface area contributed by atoms with Gasteiger partial charge in [-0.1, -0.05) is 12.1 Å². The molecule has 0 N–H and O–H groups in total. The topological polar surface area (TPSA) is 63.0 Å². The highest BCUT2D eigenvalue weighted by atomic mass is 16.5. The van der Waals surface area contributed by atoms with Gasteiger partial charge in [0.25, 0.3) is 0 Å². The lowest BCUT2D eigenvalue weighted by Crippen LogP contribution is -1.96. The summed E-state index contributed by atoms with van der Waals surface area (Å²) in [6.45, 7) is 2.56. The molecule has 154 valence electrons. The van der Waals surface area contributed by atoms with Crippen LogP contribution in [0.3, 0.4) is 0 Å². The number of benzene rings is 3. The monoisotopic (exact) mass is 405 g/mol. The fraction of sp³-hybridized carbons (Fsp3) is 0.208. The van der Waals surface area contributed by atoms with Gasteiger partial charge in [0.15, 0.2) is 17.1 Å². The lowest BCUT2D eigenvalue weighted by atomic mass is 10.0. The van der Waals surface area contributed by atoms with Gasteiger partial charge in [0.05, 0.1) is 27.9 Å². The maximum Gasteiger partial charge on any atom is 0.227 e. The Hall–Kier alpha value is -3.67. The standard InChI is InChI=1S/C24H23NO5/c1-5-29-17-8-6-7-16(13-17)24-25-19-11-9-15(14-21(19)30-24)18-10-12-20(26-2)23(28-4)22(18)27-3/h6-14H,5H2,1-4H3. The second-order valence-electron chi connectivity index (χ2n) is 6.54. The van der Waals surface area contributed by atoms with E-state index in [4.69, 9.17) is 23.4 Å². The van der Waals surface area contributed by atoms with Crippen LogP contribution in [0.15, 0.2) is 59.0 Å². The first-order chi connectivity index (χ1) is 14.7. The molecule has 1 aromatic heterocycles. The summed E-state index contributed by atoms with van der Waals surface area (Å²) in [5.41, 5.74) is 4.11. The van der Waals surface area contributed by atoms with Crippen molar-refractivity contribution in [1.29, 1.82) is 0 Å². The molecular formula is C24H23NO5. The van der Waals surface area contributed by atoms with Gasteiger partial charge in [-0.05, 0) is 55.0 Å². The van der Waals surface area contributed by atoms with Gasteiger partial charge in [0, 0.05) is 11.1 Å². The fourth-order valence-corrected chi connectivity index (χ4v) is 3.43. The lowest BCUT2D eigenvalue weighted by molar-refractivity contribution is 0.325. The number of oxazole rings is 1. The SMILES string of the molecule is CCOc1cccc(-c2nc3ccc(-c4ccc(OC)c(OC)c4OC)cc3o2)c1. The van der Waals surface area contributed by atoms with Gasteiger partial charge < -0.3 is 23.4 Å². The Morgan fingerprint density at radius 2 is 1.67 bits per heavy atom. The van der Waals surface area contributed by atoms with E-state index in [0.717, 1.165) is 28.0 Å². The molecule has 0 aliphatic rings. The Balaban J connectivity index is 1.78. The van der Waals surface area contributed by atoms with Crippen molar-refractivity contribution in [2.24, 2.45) is 0 Å². The predicted molar refractivity (Wildman–Crippen MR) is 116 cm³/mol. The van der Waals surface area contributed by atoms with Crippen LogP contribution in [-0.4, -0.2) is 32.9 Å². The van der Waals surface area contributed by atoms with Crippen molar-refractivity contribution in [1.82, 2.24) is 4.98 Å². The van der Waals surface area contributed by atoms with E-state index in [1.54, 1.807) is 21.3 Å². The smallest absolute Gasteiger partial charge is 0.227 e. The molecule has 0 aliphatic carbocycles. The zero-order valence-electron chi connectivity index (χ0n) is 17.4. The molecule has 3 aromatic carbocycles. The van der Waals surface area contributed by atoms with Crippen molar-refractivity contribution >= 4 is 11.1 Å². The minimum Gasteiger partial charge on any atom is -0.494 e. The summed E-state index contributed by atoms with van der Waals surface area (Å²) in [4.78, 5) is 4.62. The predicted octanol–water partition coefficient (Wildman–Crippen LogP) is 5.59. The quantitative estimate of drug-likeness (QED) is 0.400. The van der Waals surface area contributed by atoms with Crippen LogP contribution in [0.5, 0.6) is 23.0 Å². The molecule has 1 heterocycles. The van der Waals surface area contributed by atoms with Crippen LogP contribution in [0.25, 0.3) is 33.7 Å². The third-order valence-corrected chi connectivity index (χ3v) is 4.80. The molecule has 0 aliphatic heterocycles. The summed E-state index contributed by atoms with van der Waals surface area (Å²) in [6, 6.07) is 17.4. The fourth-order valence-electron chi connectivity index (χ4n) is 3.43. The zero-order chi connectivity index (χ0) is 21.1. The average molecular weight is 405 g/mol. The van der Waals surface area contributed by atoms with Gasteiger partial charge in [0.2, 0.25) is 11.6 Å². The van der Waals surface area contributed by atoms with Gasteiger partial charge in [-0.15, -0.1) is 0 Å². The van der Waals surface area contributed by atoms with Gasteiger partial charge in [-0.3, -0.25) is 0 Å². The van der Waals surface area contributed by atoms with E-state index in [0.29, 0.717) is 35.3 Å². The molecule has 0 bridgehead atoms. The average Bonchev–Trinajstić information content (AvgIpc) is 3.21. The van der Waals surface area contributed by atoms with Crippen LogP contribution < -0.4 is 18.9 Å². The molecule has 0 atom stereocenters. The zero-order valence-corrected chi connectivity index (χ0v) is 17.4. The molecule has 4 aromatic rings. The number of ether oxygens (including phenoxy) is 4. The van der Waals surface area contributed by atoms with Crippen LogP contribution in [0, 0.1) is 0 Å². The highest BCUT2D eigenvalue weighted by molar-refractivity contribution is 5.85. The van der Waals surface area contributed by atoms with Crippen molar-refractivity contribution in [2.45, 2.75) is 6.92 Å². The molecule has 4 rings (SSSR count). The molecule has 30 heavy (non-hydrogen) atoms. The van der Waals surface area contributed by atoms with Crippen LogP contribution >= 0.6 is 0 Å². The maximum absolute atomic E-state index is 6.06. The molecule has 6 heteroatoms. The van der Waals surface area contributed by atoms with Gasteiger partial charge in [-0.2, -0.15) is 0 Å². The number of aromatic nitrogens is 1. The third kappa shape index (κ3) is 3.52. The number of methoxy groups -OCH3 is 3. The first kappa shape index (κ1) is 19.6. The van der Waals surface area contributed by atoms with Crippen LogP contribution in [0.1, 0.15) is 6.92 Å². The summed E-state index contributed by atoms with van der Waals surface area (Å²) in [7, 11) is 4.79. The molecule has 0 unspecified atom stereocenters. The summed E-state index contributed by atoms with van der Waals surface area (Å²) in [5, 5.41) is 0. The minimum atomic E-state index is 0.544. The first-order valence-electron chi connectivity index (χ1n) is 9.61. The van der Waals surface area contributed by atoms with E-state index in [-0.39, 0.29) is 0 Å². The largest absolute Gasteiger partial charge is 0.494 e. The van der Waals surface area contributed by atoms with Gasteiger partial charge in [-0.25, -0.2) is 4.98 Å². The van der Waals surface area contributed by atoms with E-state index < -0.39 is 0 Å². The number of fused-ring (bicyclic) bond motifs is 1. The van der Waals surface area contributed by atoms with E-state index in [1.807, 2.05) is 61.5 Å². The summed E-state index contributed by atoms with van der Waals surface area (Å²) >= 11 is 0. The molecule has 0 amide bonds. The second-order valence-corrected chi connectivity index (χ2v) is 6.54. The Labute approximate surface area is 175 Å². The Kier molecular flexibility index (Phi) is 5.48. The molecule has 0 saturated carbocycles. The third-order valence-electron chi connectivity index (χ3n) is 4.80. The Morgan fingerprint density at radius 3 is 2.40 bits per heavy atom. The molecular weight excluding hydrogens is 382 g/mol. The normalized spacial score (nSPS) is 10.8. The number of rotatable bonds is 7. The molecule has 6 nitrogen and oxygen atoms in total. The van der Waals surface area contributed by atoms with Crippen molar-refractivity contribution < 1.29 is 23.4 Å². The van der Waals surface area contributed by atoms with Gasteiger partial charge in [0.1, 0.15) is 11.3 Å². The van der Waals surface area contributed by atoms with E-state index in [1.165, 1.54) is 0 Å². The van der Waals surface area contributed by atoms with Crippen molar-refractivity contribution in [3.05, 3.63) is 54.6 Å². The number of nitrogens with zero attached hydrogens (tertiary/aromatic N) is 1. The van der Waals surface area contributed by atoms with Crippen LogP contribution in [0.4, 0.5) is 0 Å². The Morgan fingerprint density at radius 1 is 0.833 bits per heavy atom. The van der Waals surface area contributed by atoms with Crippen molar-refractivity contribution in [3.63, 3.8) is 0 Å². The van der Waals surface area contributed by atoms with Crippen molar-refractivity contribution in [2.75, 3.05) is 27.9 Å². The highest BCUT2D eigenvalue weighted by Crippen LogP contribution is 2.44. The molecule has 0 spiro atoms. The van der Waals surface area contributed by atoms with E-state index >= 15 is 0 Å². The molecule has 0 fully saturated rings. The maximum atomic E-state index is 6.06. The molecule has 0 saturated heterocycles. The lowest BCUT2D eigenvalue weighted by Gasteiger charge is -2.15.